The van der Waals surface area contributed by atoms with Crippen molar-refractivity contribution in [2.24, 2.45) is 0 Å². The van der Waals surface area contributed by atoms with Crippen LogP contribution in [0.4, 0.5) is 5.82 Å². The average molecular weight is 427 g/mol. The van der Waals surface area contributed by atoms with Crippen LogP contribution >= 0.6 is 11.3 Å². The molecule has 0 saturated heterocycles. The number of benzene rings is 2. The van der Waals surface area contributed by atoms with Crippen LogP contribution in [0.3, 0.4) is 0 Å². The number of carbonyl (C=O) groups excluding carboxylic acids is 1. The van der Waals surface area contributed by atoms with Gasteiger partial charge in [0.05, 0.1) is 12.7 Å². The molecular formula is C24H18N4O2S. The quantitative estimate of drug-likeness (QED) is 0.409. The van der Waals surface area contributed by atoms with Crippen molar-refractivity contribution >= 4 is 28.7 Å². The summed E-state index contributed by atoms with van der Waals surface area (Å²) in [6, 6.07) is 23.2. The summed E-state index contributed by atoms with van der Waals surface area (Å²) < 4.78 is 7.29. The predicted octanol–water partition coefficient (Wildman–Crippen LogP) is 5.39. The SMILES string of the molecule is COc1ccccc1-c1nc(C(=O)Nc2c(-c3ccccc3)nc3ccccn23)cs1. The third-order valence-electron chi connectivity index (χ3n) is 4.88. The van der Waals surface area contributed by atoms with Gasteiger partial charge in [-0.05, 0) is 24.3 Å². The summed E-state index contributed by atoms with van der Waals surface area (Å²) in [6.45, 7) is 0. The van der Waals surface area contributed by atoms with Crippen LogP contribution < -0.4 is 10.1 Å². The average Bonchev–Trinajstić information content (AvgIpc) is 3.45. The largest absolute Gasteiger partial charge is 0.496 e. The number of imidazole rings is 1. The van der Waals surface area contributed by atoms with Crippen molar-refractivity contribution in [1.82, 2.24) is 14.4 Å². The number of ether oxygens (including phenoxy) is 1. The molecule has 0 spiro atoms. The van der Waals surface area contributed by atoms with Gasteiger partial charge in [0.15, 0.2) is 0 Å². The van der Waals surface area contributed by atoms with Gasteiger partial charge in [0.25, 0.3) is 5.91 Å². The third kappa shape index (κ3) is 3.55. The lowest BCUT2D eigenvalue weighted by atomic mass is 10.1. The molecule has 7 heteroatoms. The van der Waals surface area contributed by atoms with E-state index in [-0.39, 0.29) is 5.91 Å². The fraction of sp³-hybridized carbons (Fsp3) is 0.0417. The lowest BCUT2D eigenvalue weighted by Crippen LogP contribution is -2.14. The minimum Gasteiger partial charge on any atom is -0.496 e. The van der Waals surface area contributed by atoms with Gasteiger partial charge in [-0.15, -0.1) is 11.3 Å². The molecule has 0 saturated carbocycles. The molecule has 0 aliphatic carbocycles. The van der Waals surface area contributed by atoms with E-state index in [1.165, 1.54) is 11.3 Å². The number of amides is 1. The molecular weight excluding hydrogens is 408 g/mol. The van der Waals surface area contributed by atoms with Gasteiger partial charge >= 0.3 is 0 Å². The summed E-state index contributed by atoms with van der Waals surface area (Å²) in [5.74, 6) is 1.04. The Morgan fingerprint density at radius 3 is 2.58 bits per heavy atom. The zero-order valence-electron chi connectivity index (χ0n) is 16.6. The molecule has 6 nitrogen and oxygen atoms in total. The number of para-hydroxylation sites is 1. The van der Waals surface area contributed by atoms with E-state index < -0.39 is 0 Å². The smallest absolute Gasteiger partial charge is 0.276 e. The highest BCUT2D eigenvalue weighted by Gasteiger charge is 2.19. The number of nitrogens with zero attached hydrogens (tertiary/aromatic N) is 3. The van der Waals surface area contributed by atoms with Crippen molar-refractivity contribution in [2.75, 3.05) is 12.4 Å². The van der Waals surface area contributed by atoms with Gasteiger partial charge in [-0.2, -0.15) is 0 Å². The molecule has 152 valence electrons. The van der Waals surface area contributed by atoms with E-state index in [0.717, 1.165) is 27.5 Å². The summed E-state index contributed by atoms with van der Waals surface area (Å²) in [5.41, 5.74) is 3.59. The fourth-order valence-electron chi connectivity index (χ4n) is 3.41. The van der Waals surface area contributed by atoms with Crippen molar-refractivity contribution in [2.45, 2.75) is 0 Å². The molecule has 3 heterocycles. The topological polar surface area (TPSA) is 68.5 Å². The summed E-state index contributed by atoms with van der Waals surface area (Å²) in [7, 11) is 1.62. The van der Waals surface area contributed by atoms with E-state index in [2.05, 4.69) is 10.3 Å². The highest BCUT2D eigenvalue weighted by atomic mass is 32.1. The number of hydrogen-bond acceptors (Lipinski definition) is 5. The lowest BCUT2D eigenvalue weighted by molar-refractivity contribution is 0.102. The number of fused-ring (bicyclic) bond motifs is 1. The molecule has 3 aromatic heterocycles. The van der Waals surface area contributed by atoms with Crippen LogP contribution in [-0.2, 0) is 0 Å². The zero-order valence-corrected chi connectivity index (χ0v) is 17.5. The lowest BCUT2D eigenvalue weighted by Gasteiger charge is -2.07. The second-order valence-electron chi connectivity index (χ2n) is 6.80. The summed E-state index contributed by atoms with van der Waals surface area (Å²) >= 11 is 1.40. The Labute approximate surface area is 182 Å². The fourth-order valence-corrected chi connectivity index (χ4v) is 4.24. The van der Waals surface area contributed by atoms with Crippen LogP contribution in [0.1, 0.15) is 10.5 Å². The van der Waals surface area contributed by atoms with Gasteiger partial charge in [-0.1, -0.05) is 48.5 Å². The Hall–Kier alpha value is -3.97. The van der Waals surface area contributed by atoms with Gasteiger partial charge in [0.1, 0.15) is 33.6 Å². The van der Waals surface area contributed by atoms with Crippen molar-refractivity contribution in [3.63, 3.8) is 0 Å². The second-order valence-corrected chi connectivity index (χ2v) is 7.65. The second kappa shape index (κ2) is 8.04. The molecule has 31 heavy (non-hydrogen) atoms. The molecule has 0 aliphatic rings. The molecule has 5 rings (SSSR count). The van der Waals surface area contributed by atoms with E-state index in [9.17, 15) is 4.79 Å². The first kappa shape index (κ1) is 19.0. The number of hydrogen-bond donors (Lipinski definition) is 1. The Bertz CT molecular complexity index is 1370. The van der Waals surface area contributed by atoms with Crippen LogP contribution in [0.2, 0.25) is 0 Å². The molecule has 0 aliphatic heterocycles. The maximum Gasteiger partial charge on any atom is 0.276 e. The van der Waals surface area contributed by atoms with Crippen molar-refractivity contribution in [3.8, 4) is 27.6 Å². The van der Waals surface area contributed by atoms with E-state index in [0.29, 0.717) is 17.2 Å². The Morgan fingerprint density at radius 2 is 1.74 bits per heavy atom. The zero-order chi connectivity index (χ0) is 21.2. The number of rotatable bonds is 5. The number of anilines is 1. The highest BCUT2D eigenvalue weighted by Crippen LogP contribution is 2.33. The predicted molar refractivity (Wildman–Crippen MR) is 123 cm³/mol. The molecule has 0 atom stereocenters. The summed E-state index contributed by atoms with van der Waals surface area (Å²) in [5, 5.41) is 5.49. The number of methoxy groups -OCH3 is 1. The third-order valence-corrected chi connectivity index (χ3v) is 5.76. The summed E-state index contributed by atoms with van der Waals surface area (Å²) in [6.07, 6.45) is 1.88. The van der Waals surface area contributed by atoms with Gasteiger partial charge < -0.3 is 10.1 Å². The van der Waals surface area contributed by atoms with Gasteiger partial charge in [-0.25, -0.2) is 9.97 Å². The number of pyridine rings is 1. The normalized spacial score (nSPS) is 10.9. The molecule has 0 radical (unpaired) electrons. The van der Waals surface area contributed by atoms with Crippen LogP contribution in [0.15, 0.2) is 84.4 Å². The maximum atomic E-state index is 13.1. The molecule has 0 bridgehead atoms. The van der Waals surface area contributed by atoms with E-state index >= 15 is 0 Å². The molecule has 0 fully saturated rings. The van der Waals surface area contributed by atoms with Gasteiger partial charge in [0, 0.05) is 17.1 Å². The Balaban J connectivity index is 1.51. The number of thiazole rings is 1. The Kier molecular flexibility index (Phi) is 4.93. The molecule has 1 N–H and O–H groups in total. The van der Waals surface area contributed by atoms with Gasteiger partial charge in [-0.3, -0.25) is 9.20 Å². The Morgan fingerprint density at radius 1 is 0.968 bits per heavy atom. The van der Waals surface area contributed by atoms with E-state index in [4.69, 9.17) is 9.72 Å². The first-order valence-electron chi connectivity index (χ1n) is 9.67. The van der Waals surface area contributed by atoms with Crippen LogP contribution in [0, 0.1) is 0 Å². The molecule has 1 amide bonds. The minimum atomic E-state index is -0.291. The standard InChI is InChI=1S/C24H18N4O2S/c1-30-19-12-6-5-11-17(19)24-25-18(15-31-24)23(29)27-22-21(16-9-3-2-4-10-16)26-20-13-7-8-14-28(20)22/h2-15H,1H3,(H,27,29). The monoisotopic (exact) mass is 426 g/mol. The molecule has 2 aromatic carbocycles. The van der Waals surface area contributed by atoms with Crippen molar-refractivity contribution < 1.29 is 9.53 Å². The minimum absolute atomic E-state index is 0.291. The number of carbonyl (C=O) groups is 1. The maximum absolute atomic E-state index is 13.1. The van der Waals surface area contributed by atoms with Crippen molar-refractivity contribution in [1.29, 1.82) is 0 Å². The van der Waals surface area contributed by atoms with Crippen LogP contribution in [0.25, 0.3) is 27.5 Å². The first-order valence-corrected chi connectivity index (χ1v) is 10.6. The molecule has 0 unspecified atom stereocenters. The summed E-state index contributed by atoms with van der Waals surface area (Å²) in [4.78, 5) is 22.4. The van der Waals surface area contributed by atoms with Crippen LogP contribution in [-0.4, -0.2) is 27.4 Å². The van der Waals surface area contributed by atoms with Gasteiger partial charge in [0.2, 0.25) is 0 Å². The van der Waals surface area contributed by atoms with Crippen LogP contribution in [0.5, 0.6) is 5.75 Å². The van der Waals surface area contributed by atoms with Crippen molar-refractivity contribution in [3.05, 3.63) is 90.1 Å². The first-order chi connectivity index (χ1) is 15.2. The van der Waals surface area contributed by atoms with E-state index in [1.54, 1.807) is 12.5 Å². The molecule has 5 aromatic rings. The highest BCUT2D eigenvalue weighted by molar-refractivity contribution is 7.13. The number of aromatic nitrogens is 3. The van der Waals surface area contributed by atoms with E-state index in [1.807, 2.05) is 83.4 Å². The number of nitrogens with one attached hydrogen (secondary N) is 1.